The lowest BCUT2D eigenvalue weighted by Crippen LogP contribution is -2.51. The van der Waals surface area contributed by atoms with E-state index in [9.17, 15) is 19.8 Å². The third-order valence-electron chi connectivity index (χ3n) is 5.09. The summed E-state index contributed by atoms with van der Waals surface area (Å²) in [5.74, 6) is 0.748. The summed E-state index contributed by atoms with van der Waals surface area (Å²) >= 11 is 1.44. The predicted octanol–water partition coefficient (Wildman–Crippen LogP) is 3.19. The number of hydrogen-bond acceptors (Lipinski definition) is 8. The van der Waals surface area contributed by atoms with E-state index in [0.29, 0.717) is 24.6 Å². The number of carbonyl (C=O) groups is 2. The number of methoxy groups -OCH3 is 1. The van der Waals surface area contributed by atoms with Gasteiger partial charge in [-0.2, -0.15) is 0 Å². The van der Waals surface area contributed by atoms with Crippen molar-refractivity contribution in [2.75, 3.05) is 33.3 Å². The molecule has 0 saturated heterocycles. The van der Waals surface area contributed by atoms with Gasteiger partial charge in [-0.25, -0.2) is 4.31 Å². The summed E-state index contributed by atoms with van der Waals surface area (Å²) in [6, 6.07) is 14.1. The number of carbonyl (C=O) groups excluding carboxylic acids is 2. The second kappa shape index (κ2) is 18.5. The van der Waals surface area contributed by atoms with Crippen molar-refractivity contribution in [1.29, 1.82) is 0 Å². The van der Waals surface area contributed by atoms with Crippen LogP contribution in [0.25, 0.3) is 0 Å². The van der Waals surface area contributed by atoms with Crippen LogP contribution in [0, 0.1) is 11.8 Å². The minimum absolute atomic E-state index is 0.0552. The molecular weight excluding hydrogens is 516 g/mol. The van der Waals surface area contributed by atoms with E-state index in [1.165, 1.54) is 19.1 Å². The number of aromatic hydroxyl groups is 1. The van der Waals surface area contributed by atoms with Crippen molar-refractivity contribution in [2.24, 2.45) is 17.6 Å². The maximum absolute atomic E-state index is 12.5. The van der Waals surface area contributed by atoms with Gasteiger partial charge in [0.2, 0.25) is 11.8 Å². The Kier molecular flexibility index (Phi) is 16.2. The molecule has 2 rings (SSSR count). The van der Waals surface area contributed by atoms with Crippen molar-refractivity contribution < 1.29 is 24.5 Å². The first-order chi connectivity index (χ1) is 18.4. The lowest BCUT2D eigenvalue weighted by atomic mass is 10.0. The summed E-state index contributed by atoms with van der Waals surface area (Å²) < 4.78 is 7.24. The number of nitrogens with zero attached hydrogens (tertiary/aromatic N) is 1. The molecule has 0 aliphatic carbocycles. The molecule has 0 bridgehead atoms. The van der Waals surface area contributed by atoms with Crippen LogP contribution in [0.3, 0.4) is 0 Å². The summed E-state index contributed by atoms with van der Waals surface area (Å²) in [6.07, 6.45) is -0.471. The number of hydrogen-bond donors (Lipinski definition) is 5. The van der Waals surface area contributed by atoms with Gasteiger partial charge in [0.15, 0.2) is 11.5 Å². The van der Waals surface area contributed by atoms with Gasteiger partial charge in [-0.3, -0.25) is 9.59 Å². The largest absolute Gasteiger partial charge is 0.504 e. The van der Waals surface area contributed by atoms with Crippen LogP contribution in [0.1, 0.15) is 40.2 Å². The van der Waals surface area contributed by atoms with Crippen LogP contribution in [0.4, 0.5) is 0 Å². The molecule has 0 aliphatic rings. The number of aliphatic hydroxyl groups is 1. The zero-order valence-corrected chi connectivity index (χ0v) is 24.8. The average molecular weight is 563 g/mol. The van der Waals surface area contributed by atoms with E-state index in [-0.39, 0.29) is 25.4 Å². The second-order valence-electron chi connectivity index (χ2n) is 10.3. The Bertz CT molecular complexity index is 988. The molecule has 6 N–H and O–H groups in total. The number of phenols is 1. The molecule has 0 aromatic heterocycles. The number of nitrogens with one attached hydrogen (secondary N) is 2. The van der Waals surface area contributed by atoms with Gasteiger partial charge >= 0.3 is 0 Å². The van der Waals surface area contributed by atoms with Crippen LogP contribution in [0.2, 0.25) is 0 Å². The monoisotopic (exact) mass is 562 g/mol. The van der Waals surface area contributed by atoms with Gasteiger partial charge in [0.25, 0.3) is 0 Å². The standard InChI is InChI=1S/C25H36N4O5S.C4H10/c1-17(2)15-29(35-19-9-10-21(30)23(12-19)34-3)16-22(31)20(11-18-7-5-4-6-8-18)28-25(33)14-27-24(32)13-26;1-4(2)3/h4-10,12,17,20,22,30-31H,11,13-16,26H2,1-3H3,(H,27,32)(H,28,33);4H,1-3H3/t20-,22?;/m0./s1. The molecule has 1 unspecified atom stereocenters. The van der Waals surface area contributed by atoms with E-state index in [1.807, 2.05) is 34.6 Å². The van der Waals surface area contributed by atoms with Crippen LogP contribution in [0.15, 0.2) is 53.4 Å². The summed E-state index contributed by atoms with van der Waals surface area (Å²) in [7, 11) is 1.49. The Morgan fingerprint density at radius 2 is 1.67 bits per heavy atom. The van der Waals surface area contributed by atoms with Gasteiger partial charge in [-0.15, -0.1) is 0 Å². The van der Waals surface area contributed by atoms with E-state index in [4.69, 9.17) is 10.5 Å². The van der Waals surface area contributed by atoms with Crippen molar-refractivity contribution in [3.63, 3.8) is 0 Å². The van der Waals surface area contributed by atoms with Gasteiger partial charge in [0, 0.05) is 18.0 Å². The van der Waals surface area contributed by atoms with Crippen LogP contribution in [-0.2, 0) is 16.0 Å². The van der Waals surface area contributed by atoms with Gasteiger partial charge in [0.1, 0.15) is 0 Å². The molecule has 2 aromatic rings. The fourth-order valence-corrected chi connectivity index (χ4v) is 4.60. The molecule has 0 saturated carbocycles. The maximum Gasteiger partial charge on any atom is 0.239 e. The number of nitrogens with two attached hydrogens (primary N) is 1. The minimum atomic E-state index is -0.894. The first-order valence-electron chi connectivity index (χ1n) is 13.2. The highest BCUT2D eigenvalue weighted by Crippen LogP contribution is 2.33. The maximum atomic E-state index is 12.5. The third kappa shape index (κ3) is 14.8. The van der Waals surface area contributed by atoms with Gasteiger partial charge in [-0.1, -0.05) is 65.0 Å². The van der Waals surface area contributed by atoms with Crippen molar-refractivity contribution in [3.05, 3.63) is 54.1 Å². The highest BCUT2D eigenvalue weighted by atomic mass is 32.2. The Morgan fingerprint density at radius 1 is 1.03 bits per heavy atom. The normalized spacial score (nSPS) is 12.5. The lowest BCUT2D eigenvalue weighted by molar-refractivity contribution is -0.126. The molecule has 0 spiro atoms. The fourth-order valence-electron chi connectivity index (χ4n) is 3.42. The molecule has 10 heteroatoms. The van der Waals surface area contributed by atoms with E-state index < -0.39 is 24.0 Å². The number of aliphatic hydroxyl groups excluding tert-OH is 1. The Hall–Kier alpha value is -2.79. The van der Waals surface area contributed by atoms with Gasteiger partial charge < -0.3 is 31.3 Å². The number of ether oxygens (including phenoxy) is 1. The van der Waals surface area contributed by atoms with E-state index in [0.717, 1.165) is 16.4 Å². The summed E-state index contributed by atoms with van der Waals surface area (Å²) in [5.41, 5.74) is 6.25. The first-order valence-corrected chi connectivity index (χ1v) is 14.0. The highest BCUT2D eigenvalue weighted by Gasteiger charge is 2.25. The molecule has 0 radical (unpaired) electrons. The van der Waals surface area contributed by atoms with Crippen LogP contribution < -0.4 is 21.1 Å². The third-order valence-corrected chi connectivity index (χ3v) is 6.11. The Balaban J connectivity index is 0.00000177. The molecule has 39 heavy (non-hydrogen) atoms. The van der Waals surface area contributed by atoms with E-state index in [2.05, 4.69) is 45.3 Å². The smallest absolute Gasteiger partial charge is 0.239 e. The van der Waals surface area contributed by atoms with Gasteiger partial charge in [-0.05, 0) is 54.0 Å². The number of phenolic OH excluding ortho intramolecular Hbond substituents is 1. The van der Waals surface area contributed by atoms with E-state index >= 15 is 0 Å². The molecule has 218 valence electrons. The fraction of sp³-hybridized carbons (Fsp3) is 0.517. The van der Waals surface area contributed by atoms with Crippen LogP contribution >= 0.6 is 11.9 Å². The molecule has 9 nitrogen and oxygen atoms in total. The molecule has 2 atom stereocenters. The summed E-state index contributed by atoms with van der Waals surface area (Å²) in [6.45, 7) is 11.2. The number of amides is 2. The topological polar surface area (TPSA) is 137 Å². The SMILES string of the molecule is CC(C)C.COc1cc(SN(CC(C)C)CC(O)[C@H](Cc2ccccc2)NC(=O)CNC(=O)CN)ccc1O. The molecule has 2 aromatic carbocycles. The van der Waals surface area contributed by atoms with Crippen molar-refractivity contribution in [1.82, 2.24) is 14.9 Å². The van der Waals surface area contributed by atoms with Crippen molar-refractivity contribution in [2.45, 2.75) is 58.1 Å². The Morgan fingerprint density at radius 3 is 2.23 bits per heavy atom. The van der Waals surface area contributed by atoms with Crippen molar-refractivity contribution in [3.8, 4) is 11.5 Å². The van der Waals surface area contributed by atoms with Crippen LogP contribution in [-0.4, -0.2) is 71.8 Å². The molecule has 0 fully saturated rings. The first kappa shape index (κ1) is 34.2. The zero-order valence-electron chi connectivity index (χ0n) is 24.0. The Labute approximate surface area is 237 Å². The number of benzene rings is 2. The van der Waals surface area contributed by atoms with Crippen LogP contribution in [0.5, 0.6) is 11.5 Å². The number of rotatable bonds is 14. The minimum Gasteiger partial charge on any atom is -0.504 e. The van der Waals surface area contributed by atoms with Gasteiger partial charge in [0.05, 0.1) is 32.3 Å². The average Bonchev–Trinajstić information content (AvgIpc) is 2.87. The zero-order chi connectivity index (χ0) is 29.4. The second-order valence-corrected chi connectivity index (χ2v) is 11.5. The molecular formula is C29H46N4O5S. The molecule has 0 heterocycles. The van der Waals surface area contributed by atoms with E-state index in [1.54, 1.807) is 18.2 Å². The van der Waals surface area contributed by atoms with Crippen molar-refractivity contribution >= 4 is 23.8 Å². The lowest BCUT2D eigenvalue weighted by Gasteiger charge is -2.30. The highest BCUT2D eigenvalue weighted by molar-refractivity contribution is 7.97. The molecule has 0 aliphatic heterocycles. The summed E-state index contributed by atoms with van der Waals surface area (Å²) in [4.78, 5) is 24.8. The quantitative estimate of drug-likeness (QED) is 0.222. The summed E-state index contributed by atoms with van der Waals surface area (Å²) in [5, 5.41) is 26.4. The predicted molar refractivity (Wildman–Crippen MR) is 158 cm³/mol. The molecule has 2 amide bonds.